The topological polar surface area (TPSA) is 24.5 Å². The molecule has 0 spiro atoms. The van der Waals surface area contributed by atoms with Gasteiger partial charge in [0.15, 0.2) is 0 Å². The second-order valence-electron chi connectivity index (χ2n) is 4.89. The Balaban J connectivity index is 2.35. The molecule has 0 saturated carbocycles. The van der Waals surface area contributed by atoms with Gasteiger partial charge in [0.2, 0.25) is 0 Å². The van der Waals surface area contributed by atoms with Gasteiger partial charge in [-0.3, -0.25) is 4.90 Å². The summed E-state index contributed by atoms with van der Waals surface area (Å²) in [6, 6.07) is 7.34. The quantitative estimate of drug-likeness (QED) is 0.846. The molecule has 1 fully saturated rings. The van der Waals surface area contributed by atoms with Crippen LogP contribution in [-0.4, -0.2) is 38.2 Å². The van der Waals surface area contributed by atoms with Crippen LogP contribution in [0.15, 0.2) is 18.2 Å². The summed E-state index contributed by atoms with van der Waals surface area (Å²) in [4.78, 5) is 2.42. The van der Waals surface area contributed by atoms with Gasteiger partial charge in [-0.25, -0.2) is 0 Å². The zero-order chi connectivity index (χ0) is 12.4. The van der Waals surface area contributed by atoms with Gasteiger partial charge in [-0.2, -0.15) is 0 Å². The maximum absolute atomic E-state index is 5.56. The Morgan fingerprint density at radius 2 is 2.12 bits per heavy atom. The number of likely N-dealkylation sites (N-methyl/N-ethyl adjacent to an activating group) is 1. The standard InChI is InChI=1S/C14H22N2O/c1-10-6-5-7-12(14(10)17-4)13-9-15-8-11(2)16(13)3/h5-7,11,13,15H,8-9H2,1-4H3/t11-,13?/m0/s1. The summed E-state index contributed by atoms with van der Waals surface area (Å²) >= 11 is 0. The van der Waals surface area contributed by atoms with Crippen LogP contribution in [0.2, 0.25) is 0 Å². The van der Waals surface area contributed by atoms with E-state index >= 15 is 0 Å². The Morgan fingerprint density at radius 1 is 1.35 bits per heavy atom. The zero-order valence-electron chi connectivity index (χ0n) is 11.2. The first-order chi connectivity index (χ1) is 8.15. The molecule has 1 heterocycles. The predicted molar refractivity (Wildman–Crippen MR) is 70.6 cm³/mol. The van der Waals surface area contributed by atoms with Crippen molar-refractivity contribution in [3.05, 3.63) is 29.3 Å². The Hall–Kier alpha value is -1.06. The predicted octanol–water partition coefficient (Wildman–Crippen LogP) is 1.97. The summed E-state index contributed by atoms with van der Waals surface area (Å²) in [5.41, 5.74) is 2.49. The van der Waals surface area contributed by atoms with Crippen LogP contribution in [0.3, 0.4) is 0 Å². The molecule has 0 radical (unpaired) electrons. The number of hydrogen-bond acceptors (Lipinski definition) is 3. The minimum Gasteiger partial charge on any atom is -0.496 e. The summed E-state index contributed by atoms with van der Waals surface area (Å²) in [6.07, 6.45) is 0. The summed E-state index contributed by atoms with van der Waals surface area (Å²) in [7, 11) is 3.95. The van der Waals surface area contributed by atoms with Crippen molar-refractivity contribution in [2.45, 2.75) is 25.9 Å². The monoisotopic (exact) mass is 234 g/mol. The maximum Gasteiger partial charge on any atom is 0.126 e. The second-order valence-corrected chi connectivity index (χ2v) is 4.89. The fourth-order valence-electron chi connectivity index (χ4n) is 2.57. The van der Waals surface area contributed by atoms with E-state index in [1.807, 2.05) is 0 Å². The van der Waals surface area contributed by atoms with Crippen LogP contribution in [0.4, 0.5) is 0 Å². The van der Waals surface area contributed by atoms with Crippen molar-refractivity contribution in [2.75, 3.05) is 27.2 Å². The minimum absolute atomic E-state index is 0.397. The van der Waals surface area contributed by atoms with Crippen LogP contribution in [0, 0.1) is 6.92 Å². The molecule has 0 amide bonds. The van der Waals surface area contributed by atoms with E-state index in [4.69, 9.17) is 4.74 Å². The lowest BCUT2D eigenvalue weighted by Gasteiger charge is -2.39. The number of nitrogens with zero attached hydrogens (tertiary/aromatic N) is 1. The number of nitrogens with one attached hydrogen (secondary N) is 1. The first kappa shape index (κ1) is 12.4. The largest absolute Gasteiger partial charge is 0.496 e. The molecule has 2 atom stereocenters. The van der Waals surface area contributed by atoms with Gasteiger partial charge >= 0.3 is 0 Å². The van der Waals surface area contributed by atoms with E-state index in [1.165, 1.54) is 11.1 Å². The van der Waals surface area contributed by atoms with E-state index in [9.17, 15) is 0 Å². The van der Waals surface area contributed by atoms with Gasteiger partial charge in [0, 0.05) is 24.7 Å². The summed E-state index contributed by atoms with van der Waals surface area (Å²) in [5.74, 6) is 1.03. The molecular weight excluding hydrogens is 212 g/mol. The molecule has 1 N–H and O–H groups in total. The number of benzene rings is 1. The lowest BCUT2D eigenvalue weighted by Crippen LogP contribution is -2.49. The number of para-hydroxylation sites is 1. The zero-order valence-corrected chi connectivity index (χ0v) is 11.2. The maximum atomic E-state index is 5.56. The molecule has 0 aliphatic carbocycles. The molecule has 0 aromatic heterocycles. The third-order valence-electron chi connectivity index (χ3n) is 3.77. The Morgan fingerprint density at radius 3 is 2.82 bits per heavy atom. The molecule has 2 rings (SSSR count). The highest BCUT2D eigenvalue weighted by molar-refractivity contribution is 5.43. The van der Waals surface area contributed by atoms with Gasteiger partial charge in [-0.15, -0.1) is 0 Å². The Bertz CT molecular complexity index is 392. The molecule has 1 aliphatic rings. The summed E-state index contributed by atoms with van der Waals surface area (Å²) in [6.45, 7) is 6.39. The van der Waals surface area contributed by atoms with Crippen LogP contribution in [-0.2, 0) is 0 Å². The van der Waals surface area contributed by atoms with E-state index in [0.29, 0.717) is 12.1 Å². The molecule has 94 valence electrons. The van der Waals surface area contributed by atoms with Gasteiger partial charge in [-0.1, -0.05) is 18.2 Å². The van der Waals surface area contributed by atoms with Crippen LogP contribution >= 0.6 is 0 Å². The van der Waals surface area contributed by atoms with E-state index in [2.05, 4.69) is 49.3 Å². The van der Waals surface area contributed by atoms with Crippen molar-refractivity contribution in [3.63, 3.8) is 0 Å². The molecular formula is C14H22N2O. The molecule has 17 heavy (non-hydrogen) atoms. The van der Waals surface area contributed by atoms with Gasteiger partial charge in [0.1, 0.15) is 5.75 Å². The van der Waals surface area contributed by atoms with Gasteiger partial charge < -0.3 is 10.1 Å². The number of rotatable bonds is 2. The minimum atomic E-state index is 0.397. The van der Waals surface area contributed by atoms with Crippen LogP contribution in [0.5, 0.6) is 5.75 Å². The molecule has 1 aromatic rings. The third kappa shape index (κ3) is 2.31. The number of hydrogen-bond donors (Lipinski definition) is 1. The Labute approximate surface area is 104 Å². The van der Waals surface area contributed by atoms with Gasteiger partial charge in [-0.05, 0) is 26.5 Å². The number of ether oxygens (including phenoxy) is 1. The second kappa shape index (κ2) is 5.07. The highest BCUT2D eigenvalue weighted by Crippen LogP contribution is 2.33. The van der Waals surface area contributed by atoms with Crippen molar-refractivity contribution in [2.24, 2.45) is 0 Å². The Kier molecular flexibility index (Phi) is 3.69. The number of methoxy groups -OCH3 is 1. The van der Waals surface area contributed by atoms with E-state index in [-0.39, 0.29) is 0 Å². The fourth-order valence-corrected chi connectivity index (χ4v) is 2.57. The van der Waals surface area contributed by atoms with Crippen molar-refractivity contribution in [1.82, 2.24) is 10.2 Å². The van der Waals surface area contributed by atoms with E-state index in [1.54, 1.807) is 7.11 Å². The van der Waals surface area contributed by atoms with Crippen molar-refractivity contribution >= 4 is 0 Å². The van der Waals surface area contributed by atoms with Crippen LogP contribution in [0.25, 0.3) is 0 Å². The van der Waals surface area contributed by atoms with E-state index < -0.39 is 0 Å². The molecule has 1 aliphatic heterocycles. The lowest BCUT2D eigenvalue weighted by atomic mass is 9.98. The number of piperazine rings is 1. The van der Waals surface area contributed by atoms with Crippen molar-refractivity contribution < 1.29 is 4.74 Å². The SMILES string of the molecule is COc1c(C)cccc1C1CNC[C@H](C)N1C. The first-order valence-electron chi connectivity index (χ1n) is 6.21. The lowest BCUT2D eigenvalue weighted by molar-refractivity contribution is 0.139. The van der Waals surface area contributed by atoms with Crippen LogP contribution in [0.1, 0.15) is 24.1 Å². The highest BCUT2D eigenvalue weighted by Gasteiger charge is 2.27. The molecule has 1 aromatic carbocycles. The average molecular weight is 234 g/mol. The molecule has 3 nitrogen and oxygen atoms in total. The first-order valence-corrected chi connectivity index (χ1v) is 6.21. The van der Waals surface area contributed by atoms with Gasteiger partial charge in [0.25, 0.3) is 0 Å². The molecule has 0 bridgehead atoms. The summed E-state index contributed by atoms with van der Waals surface area (Å²) < 4.78 is 5.56. The fraction of sp³-hybridized carbons (Fsp3) is 0.571. The molecule has 3 heteroatoms. The van der Waals surface area contributed by atoms with Crippen molar-refractivity contribution in [1.29, 1.82) is 0 Å². The third-order valence-corrected chi connectivity index (χ3v) is 3.77. The van der Waals surface area contributed by atoms with E-state index in [0.717, 1.165) is 18.8 Å². The smallest absolute Gasteiger partial charge is 0.126 e. The van der Waals surface area contributed by atoms with Gasteiger partial charge in [0.05, 0.1) is 13.2 Å². The number of aryl methyl sites for hydroxylation is 1. The van der Waals surface area contributed by atoms with Crippen molar-refractivity contribution in [3.8, 4) is 5.75 Å². The summed E-state index contributed by atoms with van der Waals surface area (Å²) in [5, 5.41) is 3.49. The molecule has 1 saturated heterocycles. The highest BCUT2D eigenvalue weighted by atomic mass is 16.5. The normalized spacial score (nSPS) is 25.9. The average Bonchev–Trinajstić information content (AvgIpc) is 2.32. The molecule has 1 unspecified atom stereocenters. The van der Waals surface area contributed by atoms with Crippen LogP contribution < -0.4 is 10.1 Å².